The van der Waals surface area contributed by atoms with Crippen LogP contribution in [0.2, 0.25) is 0 Å². The highest BCUT2D eigenvalue weighted by molar-refractivity contribution is 5.68. The first-order valence-corrected chi connectivity index (χ1v) is 9.80. The molecule has 0 fully saturated rings. The summed E-state index contributed by atoms with van der Waals surface area (Å²) in [5, 5.41) is 4.60. The second kappa shape index (κ2) is 6.91. The van der Waals surface area contributed by atoms with Gasteiger partial charge in [0.2, 0.25) is 0 Å². The van der Waals surface area contributed by atoms with Crippen LogP contribution < -0.4 is 16.2 Å². The molecule has 0 saturated heterocycles. The van der Waals surface area contributed by atoms with E-state index in [1.165, 1.54) is 16.8 Å². The molecule has 0 spiro atoms. The SMILES string of the molecule is Cc1cc(N)ncc1-c1cnc2c(c1)CN(c1nn3c(=O)ccnc3cc1C)CC2. The van der Waals surface area contributed by atoms with Gasteiger partial charge in [-0.15, -0.1) is 5.10 Å². The highest BCUT2D eigenvalue weighted by Gasteiger charge is 2.22. The second-order valence-corrected chi connectivity index (χ2v) is 7.63. The van der Waals surface area contributed by atoms with Gasteiger partial charge in [0.1, 0.15) is 5.82 Å². The van der Waals surface area contributed by atoms with E-state index in [2.05, 4.69) is 26.0 Å². The minimum atomic E-state index is -0.186. The number of nitrogens with two attached hydrogens (primary N) is 1. The maximum absolute atomic E-state index is 12.2. The molecule has 0 saturated carbocycles. The van der Waals surface area contributed by atoms with Crippen LogP contribution in [0.1, 0.15) is 22.4 Å². The lowest BCUT2D eigenvalue weighted by molar-refractivity contribution is 0.685. The largest absolute Gasteiger partial charge is 0.384 e. The first-order valence-electron chi connectivity index (χ1n) is 9.80. The summed E-state index contributed by atoms with van der Waals surface area (Å²) in [6, 6.07) is 7.36. The lowest BCUT2D eigenvalue weighted by Gasteiger charge is -2.30. The summed E-state index contributed by atoms with van der Waals surface area (Å²) in [5.74, 6) is 1.30. The van der Waals surface area contributed by atoms with Gasteiger partial charge in [0.15, 0.2) is 11.5 Å². The van der Waals surface area contributed by atoms with Gasteiger partial charge in [-0.2, -0.15) is 4.52 Å². The van der Waals surface area contributed by atoms with Crippen LogP contribution in [0.3, 0.4) is 0 Å². The topological polar surface area (TPSA) is 102 Å². The van der Waals surface area contributed by atoms with Crippen molar-refractivity contribution in [1.29, 1.82) is 0 Å². The molecule has 0 atom stereocenters. The number of hydrogen-bond donors (Lipinski definition) is 1. The van der Waals surface area contributed by atoms with Gasteiger partial charge >= 0.3 is 0 Å². The van der Waals surface area contributed by atoms with Gasteiger partial charge in [-0.25, -0.2) is 9.97 Å². The fourth-order valence-electron chi connectivity index (χ4n) is 3.99. The smallest absolute Gasteiger partial charge is 0.274 e. The van der Waals surface area contributed by atoms with Crippen molar-refractivity contribution in [2.24, 2.45) is 0 Å². The molecule has 4 aromatic heterocycles. The van der Waals surface area contributed by atoms with Crippen molar-refractivity contribution in [2.75, 3.05) is 17.2 Å². The minimum absolute atomic E-state index is 0.186. The predicted molar refractivity (Wildman–Crippen MR) is 115 cm³/mol. The van der Waals surface area contributed by atoms with Gasteiger partial charge in [0, 0.05) is 61.0 Å². The third-order valence-electron chi connectivity index (χ3n) is 5.52. The lowest BCUT2D eigenvalue weighted by Crippen LogP contribution is -2.33. The molecule has 8 heteroatoms. The maximum Gasteiger partial charge on any atom is 0.274 e. The van der Waals surface area contributed by atoms with Gasteiger partial charge in [-0.1, -0.05) is 0 Å². The first kappa shape index (κ1) is 18.2. The Kier molecular flexibility index (Phi) is 4.20. The van der Waals surface area contributed by atoms with E-state index in [-0.39, 0.29) is 5.56 Å². The number of pyridine rings is 2. The highest BCUT2D eigenvalue weighted by Crippen LogP contribution is 2.29. The molecule has 1 aliphatic heterocycles. The van der Waals surface area contributed by atoms with Crippen molar-refractivity contribution in [3.05, 3.63) is 75.6 Å². The zero-order valence-electron chi connectivity index (χ0n) is 16.8. The van der Waals surface area contributed by atoms with E-state index in [0.29, 0.717) is 18.0 Å². The minimum Gasteiger partial charge on any atom is -0.384 e. The Morgan fingerprint density at radius 2 is 1.90 bits per heavy atom. The van der Waals surface area contributed by atoms with Crippen LogP contribution in [0, 0.1) is 13.8 Å². The van der Waals surface area contributed by atoms with Crippen molar-refractivity contribution >= 4 is 17.3 Å². The standard InChI is InChI=1S/C22H21N7O/c1-13-7-19(23)26-11-17(13)15-9-16-12-28(6-4-18(16)25-10-15)22-14(2)8-20-24-5-3-21(30)29(20)27-22/h3,5,7-11H,4,6,12H2,1-2H3,(H2,23,26). The Labute approximate surface area is 173 Å². The van der Waals surface area contributed by atoms with Crippen molar-refractivity contribution in [1.82, 2.24) is 24.6 Å². The number of anilines is 2. The molecule has 0 bridgehead atoms. The number of hydrogen-bond acceptors (Lipinski definition) is 7. The number of aryl methyl sites for hydroxylation is 2. The quantitative estimate of drug-likeness (QED) is 0.552. The summed E-state index contributed by atoms with van der Waals surface area (Å²) in [6.07, 6.45) is 6.02. The Hall–Kier alpha value is -3.81. The fourth-order valence-corrected chi connectivity index (χ4v) is 3.99. The Bertz CT molecular complexity index is 1350. The maximum atomic E-state index is 12.2. The van der Waals surface area contributed by atoms with Crippen molar-refractivity contribution < 1.29 is 0 Å². The lowest BCUT2D eigenvalue weighted by atomic mass is 9.98. The molecule has 0 radical (unpaired) electrons. The number of nitrogen functional groups attached to an aromatic ring is 1. The molecule has 0 aliphatic carbocycles. The Morgan fingerprint density at radius 1 is 1.03 bits per heavy atom. The Balaban J connectivity index is 1.53. The van der Waals surface area contributed by atoms with Crippen molar-refractivity contribution in [3.8, 4) is 11.1 Å². The highest BCUT2D eigenvalue weighted by atomic mass is 16.1. The van der Waals surface area contributed by atoms with E-state index in [1.54, 1.807) is 6.20 Å². The van der Waals surface area contributed by atoms with E-state index in [0.717, 1.165) is 52.3 Å². The zero-order chi connectivity index (χ0) is 20.8. The molecular weight excluding hydrogens is 378 g/mol. The van der Waals surface area contributed by atoms with Gasteiger partial charge in [-0.3, -0.25) is 9.78 Å². The molecule has 30 heavy (non-hydrogen) atoms. The van der Waals surface area contributed by atoms with Crippen LogP contribution in [0.5, 0.6) is 0 Å². The van der Waals surface area contributed by atoms with Crippen molar-refractivity contribution in [3.63, 3.8) is 0 Å². The van der Waals surface area contributed by atoms with E-state index in [4.69, 9.17) is 10.7 Å². The second-order valence-electron chi connectivity index (χ2n) is 7.63. The molecule has 8 nitrogen and oxygen atoms in total. The van der Waals surface area contributed by atoms with Crippen LogP contribution in [-0.4, -0.2) is 31.1 Å². The summed E-state index contributed by atoms with van der Waals surface area (Å²) in [6.45, 7) is 5.48. The molecule has 150 valence electrons. The van der Waals surface area contributed by atoms with Crippen LogP contribution in [0.25, 0.3) is 16.8 Å². The summed E-state index contributed by atoms with van der Waals surface area (Å²) >= 11 is 0. The monoisotopic (exact) mass is 399 g/mol. The summed E-state index contributed by atoms with van der Waals surface area (Å²) in [5.41, 5.74) is 12.5. The van der Waals surface area contributed by atoms with Gasteiger partial charge < -0.3 is 10.6 Å². The van der Waals surface area contributed by atoms with E-state index in [9.17, 15) is 4.79 Å². The average molecular weight is 399 g/mol. The molecule has 4 aromatic rings. The van der Waals surface area contributed by atoms with Crippen LogP contribution >= 0.6 is 0 Å². The fraction of sp³-hybridized carbons (Fsp3) is 0.227. The molecule has 0 unspecified atom stereocenters. The molecule has 2 N–H and O–H groups in total. The normalized spacial score (nSPS) is 13.5. The first-order chi connectivity index (χ1) is 14.5. The van der Waals surface area contributed by atoms with E-state index >= 15 is 0 Å². The molecule has 1 aliphatic rings. The van der Waals surface area contributed by atoms with E-state index in [1.807, 2.05) is 32.2 Å². The molecular formula is C22H21N7O. The number of nitrogens with zero attached hydrogens (tertiary/aromatic N) is 6. The summed E-state index contributed by atoms with van der Waals surface area (Å²) in [7, 11) is 0. The van der Waals surface area contributed by atoms with Crippen molar-refractivity contribution in [2.45, 2.75) is 26.8 Å². The van der Waals surface area contributed by atoms with Crippen LogP contribution in [0.15, 0.2) is 47.7 Å². The Morgan fingerprint density at radius 3 is 2.73 bits per heavy atom. The average Bonchev–Trinajstić information content (AvgIpc) is 2.73. The summed E-state index contributed by atoms with van der Waals surface area (Å²) < 4.78 is 1.36. The number of rotatable bonds is 2. The van der Waals surface area contributed by atoms with Gasteiger partial charge in [-0.05, 0) is 48.7 Å². The third kappa shape index (κ3) is 3.06. The predicted octanol–water partition coefficient (Wildman–Crippen LogP) is 2.31. The molecule has 0 amide bonds. The molecule has 0 aromatic carbocycles. The zero-order valence-corrected chi connectivity index (χ0v) is 16.8. The molecule has 5 heterocycles. The van der Waals surface area contributed by atoms with Crippen LogP contribution in [-0.2, 0) is 13.0 Å². The van der Waals surface area contributed by atoms with Crippen LogP contribution in [0.4, 0.5) is 11.6 Å². The van der Waals surface area contributed by atoms with Gasteiger partial charge in [0.25, 0.3) is 5.56 Å². The number of aromatic nitrogens is 5. The third-order valence-corrected chi connectivity index (χ3v) is 5.52. The summed E-state index contributed by atoms with van der Waals surface area (Å²) in [4.78, 5) is 27.6. The number of fused-ring (bicyclic) bond motifs is 2. The van der Waals surface area contributed by atoms with Gasteiger partial charge in [0.05, 0.1) is 0 Å². The van der Waals surface area contributed by atoms with E-state index < -0.39 is 0 Å². The molecule has 5 rings (SSSR count).